The zero-order chi connectivity index (χ0) is 0. The number of hydrogen-bond donors (Lipinski definition) is 0. The quantitative estimate of drug-likeness (QED) is 0.438. The summed E-state index contributed by atoms with van der Waals surface area (Å²) in [6.45, 7) is 0. The van der Waals surface area contributed by atoms with Gasteiger partial charge in [0, 0.05) is 76.8 Å². The van der Waals surface area contributed by atoms with Crippen molar-refractivity contribution in [1.82, 2.24) is 0 Å². The van der Waals surface area contributed by atoms with Gasteiger partial charge in [-0.2, -0.15) is 0 Å². The van der Waals surface area contributed by atoms with Gasteiger partial charge in [0.15, 0.2) is 0 Å². The SMILES string of the molecule is [Mn].[PbH2].[Ti].[V].[Zn]. The standard InChI is InChI=1S/Mn.Pb.Ti.V.Zn.2H. The largest absolute Gasteiger partial charge is 0 e. The fourth-order valence-corrected chi connectivity index (χ4v) is 0. The molecule has 0 rings (SSSR count). The Labute approximate surface area is 102 Å². The van der Waals surface area contributed by atoms with E-state index < -0.39 is 0 Å². The third-order valence-corrected chi connectivity index (χ3v) is 0. The fourth-order valence-electron chi connectivity index (χ4n) is 0. The van der Waals surface area contributed by atoms with Crippen molar-refractivity contribution in [2.24, 2.45) is 0 Å². The van der Waals surface area contributed by atoms with Crippen molar-refractivity contribution in [3.05, 3.63) is 0 Å². The second-order valence-electron chi connectivity index (χ2n) is 0. The van der Waals surface area contributed by atoms with E-state index >= 15 is 0 Å². The first-order valence-electron chi connectivity index (χ1n) is 0. The van der Waals surface area contributed by atoms with Crippen LogP contribution in [0.3, 0.4) is 0 Å². The van der Waals surface area contributed by atoms with E-state index in [0.29, 0.717) is 0 Å². The van der Waals surface area contributed by atoms with Gasteiger partial charge in [-0.1, -0.05) is 0 Å². The molecule has 0 spiro atoms. The molecular formula is H2MnPbTiVZn. The molecule has 0 aliphatic rings. The molecule has 0 amide bonds. The van der Waals surface area contributed by atoms with Crippen LogP contribution >= 0.6 is 0 Å². The van der Waals surface area contributed by atoms with Crippen LogP contribution in [-0.4, -0.2) is 27.3 Å². The fraction of sp³-hybridized carbons (Fsp3) is 0. The van der Waals surface area contributed by atoms with Gasteiger partial charge in [0.1, 0.15) is 0 Å². The van der Waals surface area contributed by atoms with Crippen molar-refractivity contribution in [1.29, 1.82) is 0 Å². The van der Waals surface area contributed by atoms with Crippen LogP contribution in [0.4, 0.5) is 0 Å². The van der Waals surface area contributed by atoms with E-state index in [1.165, 1.54) is 0 Å². The van der Waals surface area contributed by atoms with E-state index in [1.54, 1.807) is 0 Å². The normalized spacial score (nSPS) is 0. The zero-order valence-corrected chi connectivity index (χ0v) is 15.3. The molecule has 0 unspecified atom stereocenters. The molecule has 4 radical (unpaired) electrons. The van der Waals surface area contributed by atoms with Crippen LogP contribution in [-0.2, 0) is 76.8 Å². The van der Waals surface area contributed by atoms with E-state index in [2.05, 4.69) is 0 Å². The van der Waals surface area contributed by atoms with Crippen LogP contribution in [0, 0.1) is 0 Å². The topological polar surface area (TPSA) is 0 Å². The van der Waals surface area contributed by atoms with Crippen molar-refractivity contribution >= 4 is 27.3 Å². The zero-order valence-electron chi connectivity index (χ0n) is 2.74. The molecule has 0 fully saturated rings. The van der Waals surface area contributed by atoms with E-state index in [1.807, 2.05) is 0 Å². The van der Waals surface area contributed by atoms with E-state index in [0.717, 1.165) is 0 Å². The Morgan fingerprint density at radius 2 is 1.00 bits per heavy atom. The van der Waals surface area contributed by atoms with Gasteiger partial charge in [-0.3, -0.25) is 0 Å². The van der Waals surface area contributed by atoms with Gasteiger partial charge in [0.25, 0.3) is 0 Å². The maximum atomic E-state index is 0. The molecule has 0 aromatic rings. The Balaban J connectivity index is 0. The summed E-state index contributed by atoms with van der Waals surface area (Å²) in [6, 6.07) is 0. The van der Waals surface area contributed by atoms with Crippen LogP contribution in [0.2, 0.25) is 0 Å². The minimum Gasteiger partial charge on any atom is 0 e. The van der Waals surface area contributed by atoms with E-state index in [-0.39, 0.29) is 104 Å². The van der Waals surface area contributed by atoms with Crippen LogP contribution < -0.4 is 0 Å². The average molecular weight is 428 g/mol. The minimum absolute atomic E-state index is 0. The molecule has 0 aromatic heterocycles. The van der Waals surface area contributed by atoms with Gasteiger partial charge in [0.2, 0.25) is 0 Å². The van der Waals surface area contributed by atoms with Crippen molar-refractivity contribution < 1.29 is 76.8 Å². The molecule has 0 saturated heterocycles. The first-order chi connectivity index (χ1) is 0. The Hall–Kier alpha value is 3.36. The summed E-state index contributed by atoms with van der Waals surface area (Å²) >= 11 is 0. The molecule has 0 N–H and O–H groups in total. The summed E-state index contributed by atoms with van der Waals surface area (Å²) in [5.74, 6) is 0. The summed E-state index contributed by atoms with van der Waals surface area (Å²) in [5.41, 5.74) is 0. The van der Waals surface area contributed by atoms with Gasteiger partial charge < -0.3 is 0 Å². The van der Waals surface area contributed by atoms with Crippen molar-refractivity contribution in [2.75, 3.05) is 0 Å². The molecule has 0 aliphatic carbocycles. The molecule has 5 heteroatoms. The van der Waals surface area contributed by atoms with E-state index in [9.17, 15) is 0 Å². The third kappa shape index (κ3) is 18.7. The van der Waals surface area contributed by atoms with Crippen molar-refractivity contribution in [3.8, 4) is 0 Å². The van der Waals surface area contributed by atoms with Crippen molar-refractivity contribution in [2.45, 2.75) is 0 Å². The maximum Gasteiger partial charge on any atom is 0 e. The molecule has 0 heterocycles. The van der Waals surface area contributed by atoms with Crippen LogP contribution in [0.1, 0.15) is 0 Å². The summed E-state index contributed by atoms with van der Waals surface area (Å²) in [5, 5.41) is 0. The molecular weight excluding hydrogens is 426 g/mol. The molecule has 0 bridgehead atoms. The molecule has 0 aliphatic heterocycles. The molecule has 0 atom stereocenters. The van der Waals surface area contributed by atoms with Gasteiger partial charge in [-0.05, 0) is 0 Å². The Morgan fingerprint density at radius 1 is 1.00 bits per heavy atom. The number of rotatable bonds is 0. The van der Waals surface area contributed by atoms with Gasteiger partial charge in [-0.15, -0.1) is 0 Å². The van der Waals surface area contributed by atoms with Gasteiger partial charge in [0.05, 0.1) is 0 Å². The number of hydrogen-bond acceptors (Lipinski definition) is 0. The monoisotopic (exact) mass is 428 g/mol. The minimum atomic E-state index is 0. The second-order valence-corrected chi connectivity index (χ2v) is 0. The Bertz CT molecular complexity index is 11.6. The Morgan fingerprint density at radius 3 is 1.00 bits per heavy atom. The average Bonchev–Trinajstić information content (AvgIpc) is 0. The molecule has 0 aromatic carbocycles. The van der Waals surface area contributed by atoms with Crippen LogP contribution in [0.15, 0.2) is 0 Å². The second kappa shape index (κ2) is 26.4. The molecule has 24 valence electrons. The smallest absolute Gasteiger partial charge is 0 e. The van der Waals surface area contributed by atoms with Gasteiger partial charge >= 0.3 is 27.3 Å². The van der Waals surface area contributed by atoms with Crippen molar-refractivity contribution in [3.63, 3.8) is 0 Å². The predicted octanol–water partition coefficient (Wildman–Crippen LogP) is -0.926. The summed E-state index contributed by atoms with van der Waals surface area (Å²) in [4.78, 5) is 0. The molecule has 0 saturated carbocycles. The summed E-state index contributed by atoms with van der Waals surface area (Å²) < 4.78 is 0. The Kier molecular flexibility index (Phi) is 211. The molecule has 5 heavy (non-hydrogen) atoms. The third-order valence-electron chi connectivity index (χ3n) is 0. The first kappa shape index (κ1) is 40.1. The van der Waals surface area contributed by atoms with E-state index in [4.69, 9.17) is 0 Å². The van der Waals surface area contributed by atoms with Gasteiger partial charge in [-0.25, -0.2) is 0 Å². The first-order valence-corrected chi connectivity index (χ1v) is 0. The summed E-state index contributed by atoms with van der Waals surface area (Å²) in [6.07, 6.45) is 0. The maximum absolute atomic E-state index is 0. The van der Waals surface area contributed by atoms with Crippen LogP contribution in [0.25, 0.3) is 0 Å². The molecule has 0 nitrogen and oxygen atoms in total. The predicted molar refractivity (Wildman–Crippen MR) is 8.54 cm³/mol. The van der Waals surface area contributed by atoms with Crippen LogP contribution in [0.5, 0.6) is 0 Å². The summed E-state index contributed by atoms with van der Waals surface area (Å²) in [7, 11) is 0.